The Balaban J connectivity index is 1.39. The van der Waals surface area contributed by atoms with Crippen LogP contribution >= 0.6 is 0 Å². The van der Waals surface area contributed by atoms with Gasteiger partial charge in [-0.1, -0.05) is 12.1 Å². The summed E-state index contributed by atoms with van der Waals surface area (Å²) in [5, 5.41) is 4.78. The fourth-order valence-electron chi connectivity index (χ4n) is 5.60. The number of ether oxygens (including phenoxy) is 2. The number of hydrogen-bond donors (Lipinski definition) is 0. The first-order valence-corrected chi connectivity index (χ1v) is 12.9. The first-order valence-electron chi connectivity index (χ1n) is 12.9. The smallest absolute Gasteiger partial charge is 0.410 e. The predicted octanol–water partition coefficient (Wildman–Crippen LogP) is 6.05. The Labute approximate surface area is 212 Å². The van der Waals surface area contributed by atoms with Crippen LogP contribution in [-0.4, -0.2) is 51.4 Å². The molecule has 2 aromatic rings. The molecule has 1 saturated heterocycles. The Morgan fingerprint density at radius 2 is 1.81 bits per heavy atom. The van der Waals surface area contributed by atoms with Crippen molar-refractivity contribution in [1.82, 2.24) is 14.7 Å². The maximum Gasteiger partial charge on any atom is 0.410 e. The summed E-state index contributed by atoms with van der Waals surface area (Å²) in [6.07, 6.45) is 5.08. The minimum atomic E-state index is -0.585. The molecule has 0 bridgehead atoms. The Morgan fingerprint density at radius 3 is 2.42 bits per heavy atom. The van der Waals surface area contributed by atoms with E-state index in [4.69, 9.17) is 21.1 Å². The molecule has 3 atom stereocenters. The van der Waals surface area contributed by atoms with Gasteiger partial charge in [-0.3, -0.25) is 9.48 Å². The molecule has 2 saturated carbocycles. The average Bonchev–Trinajstić information content (AvgIpc) is 3.25. The van der Waals surface area contributed by atoms with Crippen LogP contribution in [0.1, 0.15) is 76.3 Å². The van der Waals surface area contributed by atoms with Crippen molar-refractivity contribution in [2.75, 3.05) is 13.1 Å². The molecule has 0 radical (unpaired) electrons. The van der Waals surface area contributed by atoms with Crippen LogP contribution in [0.15, 0.2) is 24.3 Å². The van der Waals surface area contributed by atoms with Crippen molar-refractivity contribution >= 4 is 17.6 Å². The second kappa shape index (κ2) is 9.27. The van der Waals surface area contributed by atoms with Gasteiger partial charge in [0.2, 0.25) is 5.69 Å². The minimum Gasteiger partial charge on any atom is -0.490 e. The summed E-state index contributed by atoms with van der Waals surface area (Å²) in [7, 11) is 0. The third-order valence-electron chi connectivity index (χ3n) is 7.36. The van der Waals surface area contributed by atoms with Crippen molar-refractivity contribution in [2.24, 2.45) is 11.8 Å². The number of piperidine rings is 1. The molecule has 2 heterocycles. The number of fused-ring (bicyclic) bond motifs is 1. The van der Waals surface area contributed by atoms with Crippen LogP contribution in [0, 0.1) is 18.4 Å². The van der Waals surface area contributed by atoms with Crippen LogP contribution in [0.25, 0.3) is 16.1 Å². The summed E-state index contributed by atoms with van der Waals surface area (Å²) in [5.74, 6) is 2.32. The highest BCUT2D eigenvalue weighted by molar-refractivity contribution is 6.01. The van der Waals surface area contributed by atoms with E-state index in [1.54, 1.807) is 9.58 Å². The molecule has 3 fully saturated rings. The summed E-state index contributed by atoms with van der Waals surface area (Å²) in [4.78, 5) is 30.7. The van der Waals surface area contributed by atoms with Crippen molar-refractivity contribution in [2.45, 2.75) is 77.5 Å². The molecule has 2 aliphatic carbocycles. The number of carbonyl (C=O) groups is 2. The summed E-state index contributed by atoms with van der Waals surface area (Å²) < 4.78 is 13.4. The first kappa shape index (κ1) is 24.4. The molecule has 8 nitrogen and oxygen atoms in total. The molecule has 190 valence electrons. The van der Waals surface area contributed by atoms with Crippen LogP contribution in [0.4, 0.5) is 10.5 Å². The molecule has 2 unspecified atom stereocenters. The third-order valence-corrected chi connectivity index (χ3v) is 7.36. The molecule has 8 heteroatoms. The van der Waals surface area contributed by atoms with Gasteiger partial charge < -0.3 is 14.4 Å². The third kappa shape index (κ3) is 4.97. The molecule has 1 aromatic heterocycles. The highest BCUT2D eigenvalue weighted by Crippen LogP contribution is 2.52. The molecular weight excluding hydrogens is 456 g/mol. The lowest BCUT2D eigenvalue weighted by atomic mass is 10.1. The summed E-state index contributed by atoms with van der Waals surface area (Å²) in [5.41, 5.74) is 1.21. The van der Waals surface area contributed by atoms with Crippen LogP contribution in [-0.2, 0) is 4.74 Å². The molecule has 0 N–H and O–H groups in total. The van der Waals surface area contributed by atoms with Gasteiger partial charge in [0.25, 0.3) is 0 Å². The average molecular weight is 491 g/mol. The number of nitrogens with zero attached hydrogens (tertiary/aromatic N) is 4. The van der Waals surface area contributed by atoms with Gasteiger partial charge in [-0.25, -0.2) is 9.64 Å². The SMILES string of the molecule is [C-]#[N+]c1c(-c2ccc(OC3CC4CC4C3)cc2)nn([C@@H]2CCCN(C(=O)OC(C)(C)C)C2)c1C(C)=O. The van der Waals surface area contributed by atoms with Crippen molar-refractivity contribution < 1.29 is 19.1 Å². The maximum atomic E-state index is 12.7. The highest BCUT2D eigenvalue weighted by Gasteiger charge is 2.46. The fourth-order valence-corrected chi connectivity index (χ4v) is 5.60. The van der Waals surface area contributed by atoms with E-state index < -0.39 is 5.60 Å². The number of carbonyl (C=O) groups excluding carboxylic acids is 2. The number of hydrogen-bond acceptors (Lipinski definition) is 5. The molecule has 1 aliphatic heterocycles. The van der Waals surface area contributed by atoms with Gasteiger partial charge in [0.15, 0.2) is 5.78 Å². The van der Waals surface area contributed by atoms with Crippen LogP contribution in [0.3, 0.4) is 0 Å². The molecule has 0 spiro atoms. The molecule has 5 rings (SSSR count). The number of Topliss-reactive ketones (excluding diaryl/α,β-unsaturated/α-hetero) is 1. The van der Waals surface area contributed by atoms with Crippen LogP contribution in [0.5, 0.6) is 5.75 Å². The number of rotatable bonds is 5. The van der Waals surface area contributed by atoms with Gasteiger partial charge in [0.1, 0.15) is 17.0 Å². The van der Waals surface area contributed by atoms with E-state index in [2.05, 4.69) is 4.85 Å². The molecule has 36 heavy (non-hydrogen) atoms. The lowest BCUT2D eigenvalue weighted by molar-refractivity contribution is 0.0167. The Bertz CT molecular complexity index is 1190. The molecular formula is C28H34N4O4. The maximum absolute atomic E-state index is 12.7. The van der Waals surface area contributed by atoms with Crippen LogP contribution in [0.2, 0.25) is 0 Å². The van der Waals surface area contributed by atoms with E-state index >= 15 is 0 Å². The fraction of sp³-hybridized carbons (Fsp3) is 0.571. The second-order valence-electron chi connectivity index (χ2n) is 11.4. The molecule has 3 aliphatic rings. The highest BCUT2D eigenvalue weighted by atomic mass is 16.6. The number of amides is 1. The van der Waals surface area contributed by atoms with E-state index in [0.29, 0.717) is 30.6 Å². The van der Waals surface area contributed by atoms with Crippen molar-refractivity contribution in [3.63, 3.8) is 0 Å². The topological polar surface area (TPSA) is 78.0 Å². The lowest BCUT2D eigenvalue weighted by Crippen LogP contribution is -2.43. The zero-order valence-corrected chi connectivity index (χ0v) is 21.5. The quantitative estimate of drug-likeness (QED) is 0.376. The van der Waals surface area contributed by atoms with Gasteiger partial charge in [0.05, 0.1) is 24.4 Å². The number of likely N-dealkylation sites (tertiary alicyclic amines) is 1. The zero-order valence-electron chi connectivity index (χ0n) is 21.5. The molecule has 1 amide bonds. The van der Waals surface area contributed by atoms with Crippen molar-refractivity contribution in [1.29, 1.82) is 0 Å². The largest absolute Gasteiger partial charge is 0.490 e. The Hall–Kier alpha value is -3.34. The van der Waals surface area contributed by atoms with E-state index in [1.165, 1.54) is 13.3 Å². The number of benzene rings is 1. The van der Waals surface area contributed by atoms with Gasteiger partial charge in [-0.2, -0.15) is 5.10 Å². The Morgan fingerprint density at radius 1 is 1.11 bits per heavy atom. The normalized spacial score (nSPS) is 25.1. The predicted molar refractivity (Wildman–Crippen MR) is 135 cm³/mol. The summed E-state index contributed by atoms with van der Waals surface area (Å²) in [6, 6.07) is 7.44. The van der Waals surface area contributed by atoms with E-state index in [1.807, 2.05) is 45.0 Å². The van der Waals surface area contributed by atoms with Crippen molar-refractivity contribution in [3.05, 3.63) is 41.4 Å². The standard InChI is InChI=1S/C28H34N4O4/c1-17(33)26-25(29-5)24(18-8-10-22(11-9-18)35-23-14-19-13-20(19)15-23)30-32(26)21-7-6-12-31(16-21)27(34)36-28(2,3)4/h8-11,19-21,23H,6-7,12-16H2,1-4H3/t19?,20?,21-,23?/m1/s1. The monoisotopic (exact) mass is 490 g/mol. The van der Waals surface area contributed by atoms with Gasteiger partial charge in [0, 0.05) is 13.1 Å². The van der Waals surface area contributed by atoms with Gasteiger partial charge in [-0.15, -0.1) is 0 Å². The minimum absolute atomic E-state index is 0.212. The van der Waals surface area contributed by atoms with Crippen LogP contribution < -0.4 is 4.74 Å². The first-order chi connectivity index (χ1) is 17.1. The number of ketones is 1. The van der Waals surface area contributed by atoms with Crippen molar-refractivity contribution in [3.8, 4) is 17.0 Å². The van der Waals surface area contributed by atoms with Gasteiger partial charge >= 0.3 is 6.09 Å². The zero-order chi connectivity index (χ0) is 25.6. The van der Waals surface area contributed by atoms with E-state index in [0.717, 1.165) is 48.8 Å². The summed E-state index contributed by atoms with van der Waals surface area (Å²) >= 11 is 0. The molecule has 1 aromatic carbocycles. The lowest BCUT2D eigenvalue weighted by Gasteiger charge is -2.34. The second-order valence-corrected chi connectivity index (χ2v) is 11.4. The summed E-state index contributed by atoms with van der Waals surface area (Å²) in [6.45, 7) is 15.8. The van der Waals surface area contributed by atoms with E-state index in [9.17, 15) is 9.59 Å². The number of aromatic nitrogens is 2. The van der Waals surface area contributed by atoms with E-state index in [-0.39, 0.29) is 23.6 Å². The van der Waals surface area contributed by atoms with Gasteiger partial charge in [-0.05, 0) is 89.3 Å². The Kier molecular flexibility index (Phi) is 6.27.